The summed E-state index contributed by atoms with van der Waals surface area (Å²) < 4.78 is 0. The van der Waals surface area contributed by atoms with Gasteiger partial charge in [0.15, 0.2) is 0 Å². The molecule has 0 unspecified atom stereocenters. The Balaban J connectivity index is 2.53. The number of carbonyl (C=O) groups is 1. The molecule has 3 N–H and O–H groups in total. The number of carbonyl (C=O) groups excluding carboxylic acids is 1. The van der Waals surface area contributed by atoms with Gasteiger partial charge in [0.05, 0.1) is 6.54 Å². The first-order valence-corrected chi connectivity index (χ1v) is 9.61. The predicted molar refractivity (Wildman–Crippen MR) is 101 cm³/mol. The minimum atomic E-state index is 0.270. The van der Waals surface area contributed by atoms with E-state index in [1.807, 2.05) is 0 Å². The quantitative estimate of drug-likeness (QED) is 0.645. The van der Waals surface area contributed by atoms with Crippen molar-refractivity contribution < 1.29 is 4.79 Å². The summed E-state index contributed by atoms with van der Waals surface area (Å²) in [6.45, 7) is 18.6. The van der Waals surface area contributed by atoms with Crippen molar-refractivity contribution in [2.45, 2.75) is 27.7 Å². The fourth-order valence-electron chi connectivity index (χ4n) is 2.92. The maximum atomic E-state index is 12.8. The molecule has 0 aromatic rings. The summed E-state index contributed by atoms with van der Waals surface area (Å²) in [6.07, 6.45) is 0. The zero-order valence-corrected chi connectivity index (χ0v) is 16.2. The normalized spacial score (nSPS) is 19.1. The molecule has 0 aliphatic carbocycles. The van der Waals surface area contributed by atoms with E-state index in [1.165, 1.54) is 0 Å². The molecule has 1 amide bonds. The number of amides is 1. The topological polar surface area (TPSA) is 59.6 Å². The van der Waals surface area contributed by atoms with Crippen LogP contribution >= 0.6 is 0 Å². The van der Waals surface area contributed by atoms with E-state index in [0.717, 1.165) is 65.4 Å². The molecule has 0 spiro atoms. The molecule has 1 heterocycles. The number of rotatable bonds is 6. The van der Waals surface area contributed by atoms with Crippen molar-refractivity contribution in [2.75, 3.05) is 72.0 Å². The van der Waals surface area contributed by atoms with E-state index in [4.69, 9.17) is 0 Å². The van der Waals surface area contributed by atoms with Crippen LogP contribution in [-0.4, -0.2) is 87.7 Å². The maximum absolute atomic E-state index is 12.8. The lowest BCUT2D eigenvalue weighted by Gasteiger charge is -2.30. The average Bonchev–Trinajstić information content (AvgIpc) is 2.48. The Bertz CT molecular complexity index is 313. The third kappa shape index (κ3) is 10.2. The first-order chi connectivity index (χ1) is 11.5. The highest BCUT2D eigenvalue weighted by Crippen LogP contribution is 2.05. The molecular formula is C18H39N5O. The van der Waals surface area contributed by atoms with E-state index in [2.05, 4.69) is 53.4 Å². The van der Waals surface area contributed by atoms with Crippen LogP contribution in [0.2, 0.25) is 0 Å². The van der Waals surface area contributed by atoms with E-state index in [0.29, 0.717) is 18.4 Å². The Labute approximate surface area is 148 Å². The van der Waals surface area contributed by atoms with Gasteiger partial charge in [-0.1, -0.05) is 27.7 Å². The van der Waals surface area contributed by atoms with Crippen LogP contribution in [-0.2, 0) is 4.79 Å². The molecule has 142 valence electrons. The van der Waals surface area contributed by atoms with Gasteiger partial charge in [0.1, 0.15) is 0 Å². The summed E-state index contributed by atoms with van der Waals surface area (Å²) in [5.41, 5.74) is 0. The number of hydrogen-bond acceptors (Lipinski definition) is 5. The van der Waals surface area contributed by atoms with Crippen LogP contribution in [0, 0.1) is 11.8 Å². The summed E-state index contributed by atoms with van der Waals surface area (Å²) in [4.78, 5) is 17.1. The minimum absolute atomic E-state index is 0.270. The third-order valence-corrected chi connectivity index (χ3v) is 4.05. The van der Waals surface area contributed by atoms with Gasteiger partial charge in [-0.15, -0.1) is 0 Å². The predicted octanol–water partition coefficient (Wildman–Crippen LogP) is 0.211. The molecule has 24 heavy (non-hydrogen) atoms. The van der Waals surface area contributed by atoms with Crippen molar-refractivity contribution in [3.63, 3.8) is 0 Å². The van der Waals surface area contributed by atoms with E-state index < -0.39 is 0 Å². The van der Waals surface area contributed by atoms with Gasteiger partial charge in [-0.25, -0.2) is 0 Å². The molecule has 6 heteroatoms. The van der Waals surface area contributed by atoms with E-state index in [9.17, 15) is 4.79 Å². The Hall–Kier alpha value is -0.690. The smallest absolute Gasteiger partial charge is 0.236 e. The van der Waals surface area contributed by atoms with Gasteiger partial charge in [0.25, 0.3) is 0 Å². The Morgan fingerprint density at radius 2 is 1.25 bits per heavy atom. The Morgan fingerprint density at radius 3 is 1.67 bits per heavy atom. The molecule has 1 fully saturated rings. The second kappa shape index (κ2) is 12.6. The van der Waals surface area contributed by atoms with E-state index >= 15 is 0 Å². The van der Waals surface area contributed by atoms with E-state index in [1.54, 1.807) is 0 Å². The van der Waals surface area contributed by atoms with Crippen molar-refractivity contribution in [3.05, 3.63) is 0 Å². The zero-order chi connectivity index (χ0) is 17.8. The molecule has 1 saturated heterocycles. The van der Waals surface area contributed by atoms with Crippen LogP contribution < -0.4 is 16.0 Å². The van der Waals surface area contributed by atoms with Gasteiger partial charge in [-0.05, 0) is 11.8 Å². The van der Waals surface area contributed by atoms with Gasteiger partial charge in [0.2, 0.25) is 5.91 Å². The SMILES string of the molecule is CC(C)CN(CC(C)C)C(=O)CN1CCNCCNCCNCC1. The molecule has 0 radical (unpaired) electrons. The highest BCUT2D eigenvalue weighted by molar-refractivity contribution is 5.78. The Kier molecular flexibility index (Phi) is 11.2. The number of hydrogen-bond donors (Lipinski definition) is 3. The lowest BCUT2D eigenvalue weighted by Crippen LogP contribution is -2.47. The average molecular weight is 342 g/mol. The largest absolute Gasteiger partial charge is 0.341 e. The minimum Gasteiger partial charge on any atom is -0.341 e. The van der Waals surface area contributed by atoms with E-state index in [-0.39, 0.29) is 5.91 Å². The molecule has 1 aliphatic heterocycles. The summed E-state index contributed by atoms with van der Waals surface area (Å²) in [7, 11) is 0. The Morgan fingerprint density at radius 1 is 0.833 bits per heavy atom. The van der Waals surface area contributed by atoms with Crippen LogP contribution in [0.4, 0.5) is 0 Å². The van der Waals surface area contributed by atoms with Crippen molar-refractivity contribution >= 4 is 5.91 Å². The van der Waals surface area contributed by atoms with Gasteiger partial charge in [0, 0.05) is 65.4 Å². The summed E-state index contributed by atoms with van der Waals surface area (Å²) in [5, 5.41) is 10.3. The fraction of sp³-hybridized carbons (Fsp3) is 0.944. The summed E-state index contributed by atoms with van der Waals surface area (Å²) in [5.74, 6) is 1.29. The molecule has 0 aromatic heterocycles. The van der Waals surface area contributed by atoms with Crippen molar-refractivity contribution in [3.8, 4) is 0 Å². The van der Waals surface area contributed by atoms with Crippen LogP contribution in [0.3, 0.4) is 0 Å². The van der Waals surface area contributed by atoms with Crippen molar-refractivity contribution in [1.29, 1.82) is 0 Å². The second-order valence-electron chi connectivity index (χ2n) is 7.61. The van der Waals surface area contributed by atoms with Crippen LogP contribution in [0.25, 0.3) is 0 Å². The lowest BCUT2D eigenvalue weighted by atomic mass is 10.1. The van der Waals surface area contributed by atoms with Gasteiger partial charge < -0.3 is 20.9 Å². The highest BCUT2D eigenvalue weighted by Gasteiger charge is 2.19. The van der Waals surface area contributed by atoms with Crippen molar-refractivity contribution in [2.24, 2.45) is 11.8 Å². The van der Waals surface area contributed by atoms with Crippen LogP contribution in [0.15, 0.2) is 0 Å². The maximum Gasteiger partial charge on any atom is 0.236 e. The number of nitrogens with one attached hydrogen (secondary N) is 3. The first-order valence-electron chi connectivity index (χ1n) is 9.61. The summed E-state index contributed by atoms with van der Waals surface area (Å²) in [6, 6.07) is 0. The molecule has 0 atom stereocenters. The summed E-state index contributed by atoms with van der Waals surface area (Å²) >= 11 is 0. The molecule has 6 nitrogen and oxygen atoms in total. The standard InChI is InChI=1S/C18H39N5O/c1-16(2)13-23(14-17(3)4)18(24)15-22-11-9-20-7-5-19-6-8-21-10-12-22/h16-17,19-21H,5-15H2,1-4H3. The van der Waals surface area contributed by atoms with Crippen LogP contribution in [0.1, 0.15) is 27.7 Å². The van der Waals surface area contributed by atoms with Crippen molar-refractivity contribution in [1.82, 2.24) is 25.8 Å². The first kappa shape index (κ1) is 21.4. The van der Waals surface area contributed by atoms with Crippen LogP contribution in [0.5, 0.6) is 0 Å². The van der Waals surface area contributed by atoms with Gasteiger partial charge >= 0.3 is 0 Å². The third-order valence-electron chi connectivity index (χ3n) is 4.05. The zero-order valence-electron chi connectivity index (χ0n) is 16.2. The monoisotopic (exact) mass is 341 g/mol. The molecule has 0 aromatic carbocycles. The molecule has 1 aliphatic rings. The molecule has 0 bridgehead atoms. The van der Waals surface area contributed by atoms with Gasteiger partial charge in [-0.3, -0.25) is 9.69 Å². The fourth-order valence-corrected chi connectivity index (χ4v) is 2.92. The second-order valence-corrected chi connectivity index (χ2v) is 7.61. The number of nitrogens with zero attached hydrogens (tertiary/aromatic N) is 2. The molecular weight excluding hydrogens is 302 g/mol. The lowest BCUT2D eigenvalue weighted by molar-refractivity contribution is -0.133. The molecule has 1 rings (SSSR count). The molecule has 0 saturated carbocycles. The highest BCUT2D eigenvalue weighted by atomic mass is 16.2. The van der Waals surface area contributed by atoms with Gasteiger partial charge in [-0.2, -0.15) is 0 Å².